The van der Waals surface area contributed by atoms with Gasteiger partial charge in [-0.2, -0.15) is 0 Å². The molecule has 0 saturated carbocycles. The summed E-state index contributed by atoms with van der Waals surface area (Å²) in [5, 5.41) is 12.4. The first-order chi connectivity index (χ1) is 8.18. The Hall–Kier alpha value is -1.55. The van der Waals surface area contributed by atoms with Gasteiger partial charge in [-0.25, -0.2) is 0 Å². The highest BCUT2D eigenvalue weighted by Crippen LogP contribution is 2.25. The van der Waals surface area contributed by atoms with Crippen molar-refractivity contribution in [3.8, 4) is 5.75 Å². The zero-order valence-corrected chi connectivity index (χ0v) is 9.90. The van der Waals surface area contributed by atoms with Gasteiger partial charge in [-0.05, 0) is 31.9 Å². The number of ether oxygens (including phenoxy) is 1. The molecule has 92 valence electrons. The zero-order valence-electron chi connectivity index (χ0n) is 9.90. The minimum absolute atomic E-state index is 0.0293. The molecule has 1 amide bonds. The van der Waals surface area contributed by atoms with E-state index in [9.17, 15) is 9.90 Å². The van der Waals surface area contributed by atoms with Gasteiger partial charge in [0.15, 0.2) is 0 Å². The molecule has 1 saturated heterocycles. The number of carbonyl (C=O) groups is 1. The lowest BCUT2D eigenvalue weighted by Crippen LogP contribution is -2.30. The van der Waals surface area contributed by atoms with Crippen LogP contribution in [0.25, 0.3) is 0 Å². The number of phenols is 1. The van der Waals surface area contributed by atoms with Crippen LogP contribution in [0.15, 0.2) is 18.2 Å². The fraction of sp³-hybridized carbons (Fsp3) is 0.462. The van der Waals surface area contributed by atoms with Gasteiger partial charge in [0, 0.05) is 17.9 Å². The quantitative estimate of drug-likeness (QED) is 0.825. The topological polar surface area (TPSA) is 58.6 Å². The van der Waals surface area contributed by atoms with E-state index in [0.717, 1.165) is 19.4 Å². The molecule has 1 heterocycles. The normalized spacial score (nSPS) is 19.9. The van der Waals surface area contributed by atoms with Crippen LogP contribution in [0.2, 0.25) is 0 Å². The van der Waals surface area contributed by atoms with Gasteiger partial charge in [-0.15, -0.1) is 0 Å². The first kappa shape index (κ1) is 11.9. The summed E-state index contributed by atoms with van der Waals surface area (Å²) in [6, 6.07) is 5.11. The second-order valence-electron chi connectivity index (χ2n) is 4.35. The van der Waals surface area contributed by atoms with Crippen LogP contribution in [-0.4, -0.2) is 24.2 Å². The molecule has 1 unspecified atom stereocenters. The molecular weight excluding hydrogens is 218 g/mol. The van der Waals surface area contributed by atoms with E-state index in [0.29, 0.717) is 17.9 Å². The Morgan fingerprint density at radius 2 is 2.35 bits per heavy atom. The minimum atomic E-state index is -0.0782. The lowest BCUT2D eigenvalue weighted by molar-refractivity contribution is -0.123. The van der Waals surface area contributed by atoms with Gasteiger partial charge in [-0.1, -0.05) is 6.07 Å². The van der Waals surface area contributed by atoms with Crippen LogP contribution in [0.5, 0.6) is 5.75 Å². The highest BCUT2D eigenvalue weighted by atomic mass is 16.5. The van der Waals surface area contributed by atoms with Crippen molar-refractivity contribution in [2.24, 2.45) is 5.92 Å². The van der Waals surface area contributed by atoms with Crippen molar-refractivity contribution in [1.82, 2.24) is 0 Å². The van der Waals surface area contributed by atoms with Crippen molar-refractivity contribution in [1.29, 1.82) is 0 Å². The molecule has 0 spiro atoms. The second-order valence-corrected chi connectivity index (χ2v) is 4.35. The predicted molar refractivity (Wildman–Crippen MR) is 65.0 cm³/mol. The first-order valence-corrected chi connectivity index (χ1v) is 5.85. The molecule has 1 aromatic rings. The van der Waals surface area contributed by atoms with E-state index in [-0.39, 0.29) is 17.6 Å². The van der Waals surface area contributed by atoms with E-state index in [1.165, 1.54) is 0 Å². The van der Waals surface area contributed by atoms with E-state index < -0.39 is 0 Å². The predicted octanol–water partition coefficient (Wildman–Crippen LogP) is 2.07. The van der Waals surface area contributed by atoms with Crippen LogP contribution in [0.1, 0.15) is 18.4 Å². The molecule has 0 bridgehead atoms. The van der Waals surface area contributed by atoms with Crippen LogP contribution in [0, 0.1) is 12.8 Å². The van der Waals surface area contributed by atoms with Gasteiger partial charge in [0.25, 0.3) is 0 Å². The molecule has 2 N–H and O–H groups in total. The number of rotatable bonds is 2. The molecule has 1 atom stereocenters. The number of aromatic hydroxyl groups is 1. The average Bonchev–Trinajstić information content (AvgIpc) is 2.36. The van der Waals surface area contributed by atoms with Crippen LogP contribution in [0.4, 0.5) is 5.69 Å². The molecule has 1 aliphatic rings. The van der Waals surface area contributed by atoms with E-state index in [1.54, 1.807) is 25.1 Å². The maximum absolute atomic E-state index is 12.0. The highest BCUT2D eigenvalue weighted by Gasteiger charge is 2.22. The second kappa shape index (κ2) is 5.19. The number of anilines is 1. The van der Waals surface area contributed by atoms with E-state index in [4.69, 9.17) is 4.74 Å². The summed E-state index contributed by atoms with van der Waals surface area (Å²) in [6.07, 6.45) is 1.79. The number of hydrogen-bond donors (Lipinski definition) is 2. The molecule has 2 rings (SSSR count). The molecule has 1 aromatic carbocycles. The molecular formula is C13H17NO3. The van der Waals surface area contributed by atoms with E-state index >= 15 is 0 Å². The minimum Gasteiger partial charge on any atom is -0.508 e. The Labute approximate surface area is 101 Å². The Balaban J connectivity index is 2.04. The molecule has 0 radical (unpaired) electrons. The fourth-order valence-corrected chi connectivity index (χ4v) is 1.94. The Morgan fingerprint density at radius 1 is 1.53 bits per heavy atom. The molecule has 17 heavy (non-hydrogen) atoms. The van der Waals surface area contributed by atoms with Crippen LogP contribution in [-0.2, 0) is 9.53 Å². The van der Waals surface area contributed by atoms with Crippen molar-refractivity contribution < 1.29 is 14.6 Å². The van der Waals surface area contributed by atoms with Gasteiger partial charge >= 0.3 is 0 Å². The first-order valence-electron chi connectivity index (χ1n) is 5.85. The molecule has 0 aromatic heterocycles. The van der Waals surface area contributed by atoms with Crippen molar-refractivity contribution in [3.05, 3.63) is 23.8 Å². The van der Waals surface area contributed by atoms with Gasteiger partial charge in [-0.3, -0.25) is 4.79 Å². The van der Waals surface area contributed by atoms with Crippen molar-refractivity contribution in [3.63, 3.8) is 0 Å². The number of nitrogens with one attached hydrogen (secondary N) is 1. The lowest BCUT2D eigenvalue weighted by Gasteiger charge is -2.21. The molecule has 0 aliphatic carbocycles. The largest absolute Gasteiger partial charge is 0.508 e. The van der Waals surface area contributed by atoms with Crippen molar-refractivity contribution in [2.75, 3.05) is 18.5 Å². The van der Waals surface area contributed by atoms with Crippen molar-refractivity contribution in [2.45, 2.75) is 19.8 Å². The van der Waals surface area contributed by atoms with Gasteiger partial charge < -0.3 is 15.2 Å². The maximum atomic E-state index is 12.0. The number of hydrogen-bond acceptors (Lipinski definition) is 3. The van der Waals surface area contributed by atoms with Gasteiger partial charge in [0.1, 0.15) is 5.75 Å². The summed E-state index contributed by atoms with van der Waals surface area (Å²) in [6.45, 7) is 3.01. The molecule has 4 nitrogen and oxygen atoms in total. The summed E-state index contributed by atoms with van der Waals surface area (Å²) < 4.78 is 5.28. The Kier molecular flexibility index (Phi) is 3.64. The van der Waals surface area contributed by atoms with Crippen LogP contribution in [0.3, 0.4) is 0 Å². The SMILES string of the molecule is Cc1c(O)cccc1NC(=O)C1CCCOC1. The number of carbonyl (C=O) groups excluding carboxylic acids is 1. The molecule has 1 aliphatic heterocycles. The lowest BCUT2D eigenvalue weighted by atomic mass is 10.0. The molecule has 4 heteroatoms. The summed E-state index contributed by atoms with van der Waals surface area (Å²) in [7, 11) is 0. The Bertz CT molecular complexity index is 411. The summed E-state index contributed by atoms with van der Waals surface area (Å²) in [5.41, 5.74) is 1.36. The van der Waals surface area contributed by atoms with Gasteiger partial charge in [0.05, 0.1) is 12.5 Å². The van der Waals surface area contributed by atoms with Crippen molar-refractivity contribution >= 4 is 11.6 Å². The Morgan fingerprint density at radius 3 is 3.06 bits per heavy atom. The van der Waals surface area contributed by atoms with Gasteiger partial charge in [0.2, 0.25) is 5.91 Å². The third-order valence-electron chi connectivity index (χ3n) is 3.09. The molecule has 1 fully saturated rings. The monoisotopic (exact) mass is 235 g/mol. The maximum Gasteiger partial charge on any atom is 0.229 e. The summed E-state index contributed by atoms with van der Waals surface area (Å²) in [5.74, 6) is 0.0894. The summed E-state index contributed by atoms with van der Waals surface area (Å²) in [4.78, 5) is 12.0. The zero-order chi connectivity index (χ0) is 12.3. The average molecular weight is 235 g/mol. The summed E-state index contributed by atoms with van der Waals surface area (Å²) >= 11 is 0. The van der Waals surface area contributed by atoms with Crippen LogP contribution < -0.4 is 5.32 Å². The number of phenolic OH excluding ortho intramolecular Hbond substituents is 1. The number of amides is 1. The number of benzene rings is 1. The third kappa shape index (κ3) is 2.77. The highest BCUT2D eigenvalue weighted by molar-refractivity contribution is 5.93. The van der Waals surface area contributed by atoms with E-state index in [2.05, 4.69) is 5.32 Å². The van der Waals surface area contributed by atoms with Crippen LogP contribution >= 0.6 is 0 Å². The fourth-order valence-electron chi connectivity index (χ4n) is 1.94. The van der Waals surface area contributed by atoms with E-state index in [1.807, 2.05) is 0 Å². The smallest absolute Gasteiger partial charge is 0.229 e. The third-order valence-corrected chi connectivity index (χ3v) is 3.09. The standard InChI is InChI=1S/C13H17NO3/c1-9-11(5-2-6-12(9)15)14-13(16)10-4-3-7-17-8-10/h2,5-6,10,15H,3-4,7-8H2,1H3,(H,14,16).